The number of hydrogen-bond donors (Lipinski definition) is 1. The van der Waals surface area contributed by atoms with Gasteiger partial charge in [-0.3, -0.25) is 0 Å². The van der Waals surface area contributed by atoms with Gasteiger partial charge in [-0.05, 0) is 13.8 Å². The molecule has 0 fully saturated rings. The van der Waals surface area contributed by atoms with E-state index in [1.165, 1.54) is 0 Å². The molecule has 1 heterocycles. The van der Waals surface area contributed by atoms with Crippen LogP contribution >= 0.6 is 0 Å². The van der Waals surface area contributed by atoms with Crippen LogP contribution in [0.3, 0.4) is 0 Å². The Morgan fingerprint density at radius 3 is 3.00 bits per heavy atom. The largest absolute Gasteiger partial charge is 0.479 e. The molecule has 1 N–H and O–H groups in total. The average molecular weight is 184 g/mol. The standard InChI is InChI=1S/C8H12N2O3/c1-6(2)10-7(3-4-9-10)13-5-8(11)12/h3-4,6H,5H2,1-2H3,(H,11,12). The first kappa shape index (κ1) is 9.57. The minimum absolute atomic E-state index is 0.166. The SMILES string of the molecule is CC(C)n1nccc1OCC(=O)O. The van der Waals surface area contributed by atoms with Crippen molar-refractivity contribution in [2.75, 3.05) is 6.61 Å². The minimum atomic E-state index is -0.989. The van der Waals surface area contributed by atoms with Crippen LogP contribution in [-0.2, 0) is 4.79 Å². The highest BCUT2D eigenvalue weighted by Gasteiger charge is 2.07. The minimum Gasteiger partial charge on any atom is -0.479 e. The first-order chi connectivity index (χ1) is 6.11. The van der Waals surface area contributed by atoms with Crippen LogP contribution in [0.4, 0.5) is 0 Å². The molecule has 0 aliphatic rings. The van der Waals surface area contributed by atoms with Gasteiger partial charge in [-0.15, -0.1) is 0 Å². The molecule has 13 heavy (non-hydrogen) atoms. The second kappa shape index (κ2) is 3.93. The molecule has 0 radical (unpaired) electrons. The normalized spacial score (nSPS) is 10.4. The summed E-state index contributed by atoms with van der Waals surface area (Å²) >= 11 is 0. The molecule has 0 saturated carbocycles. The third-order valence-electron chi connectivity index (χ3n) is 1.47. The zero-order valence-corrected chi connectivity index (χ0v) is 7.60. The smallest absolute Gasteiger partial charge is 0.341 e. The molecule has 5 nitrogen and oxygen atoms in total. The maximum atomic E-state index is 10.2. The Morgan fingerprint density at radius 2 is 2.46 bits per heavy atom. The van der Waals surface area contributed by atoms with Gasteiger partial charge in [0, 0.05) is 6.07 Å². The number of carbonyl (C=O) groups is 1. The number of aliphatic carboxylic acids is 1. The fraction of sp³-hybridized carbons (Fsp3) is 0.500. The Morgan fingerprint density at radius 1 is 1.77 bits per heavy atom. The number of hydrogen-bond acceptors (Lipinski definition) is 3. The van der Waals surface area contributed by atoms with Crippen molar-refractivity contribution in [1.82, 2.24) is 9.78 Å². The number of carboxylic acid groups (broad SMARTS) is 1. The van der Waals surface area contributed by atoms with Gasteiger partial charge in [0.25, 0.3) is 0 Å². The molecule has 5 heteroatoms. The van der Waals surface area contributed by atoms with E-state index < -0.39 is 5.97 Å². The molecule has 0 amide bonds. The topological polar surface area (TPSA) is 64.4 Å². The van der Waals surface area contributed by atoms with Crippen molar-refractivity contribution in [1.29, 1.82) is 0 Å². The molecule has 0 aliphatic carbocycles. The summed E-state index contributed by atoms with van der Waals surface area (Å²) < 4.78 is 6.63. The highest BCUT2D eigenvalue weighted by Crippen LogP contribution is 2.14. The molecule has 0 unspecified atom stereocenters. The Hall–Kier alpha value is -1.52. The van der Waals surface area contributed by atoms with E-state index in [1.807, 2.05) is 13.8 Å². The molecule has 0 saturated heterocycles. The van der Waals surface area contributed by atoms with E-state index in [1.54, 1.807) is 16.9 Å². The number of rotatable bonds is 4. The van der Waals surface area contributed by atoms with E-state index in [-0.39, 0.29) is 12.6 Å². The van der Waals surface area contributed by atoms with E-state index in [9.17, 15) is 4.79 Å². The second-order valence-electron chi connectivity index (χ2n) is 2.89. The zero-order chi connectivity index (χ0) is 9.84. The summed E-state index contributed by atoms with van der Waals surface area (Å²) in [6.45, 7) is 3.56. The molecule has 0 aromatic carbocycles. The van der Waals surface area contributed by atoms with Crippen molar-refractivity contribution < 1.29 is 14.6 Å². The van der Waals surface area contributed by atoms with Crippen LogP contribution in [0.5, 0.6) is 5.88 Å². The van der Waals surface area contributed by atoms with Gasteiger partial charge in [0.05, 0.1) is 12.2 Å². The summed E-state index contributed by atoms with van der Waals surface area (Å²) in [5.41, 5.74) is 0. The fourth-order valence-electron chi connectivity index (χ4n) is 0.940. The first-order valence-corrected chi connectivity index (χ1v) is 3.99. The quantitative estimate of drug-likeness (QED) is 0.755. The molecule has 0 spiro atoms. The van der Waals surface area contributed by atoms with Crippen LogP contribution in [0.25, 0.3) is 0 Å². The van der Waals surface area contributed by atoms with E-state index in [4.69, 9.17) is 9.84 Å². The van der Waals surface area contributed by atoms with Gasteiger partial charge < -0.3 is 9.84 Å². The average Bonchev–Trinajstić information content (AvgIpc) is 2.47. The lowest BCUT2D eigenvalue weighted by Gasteiger charge is -2.10. The predicted molar refractivity (Wildman–Crippen MR) is 45.7 cm³/mol. The third kappa shape index (κ3) is 2.47. The van der Waals surface area contributed by atoms with Gasteiger partial charge in [0.1, 0.15) is 0 Å². The Balaban J connectivity index is 2.65. The maximum Gasteiger partial charge on any atom is 0.341 e. The number of nitrogens with zero attached hydrogens (tertiary/aromatic N) is 2. The van der Waals surface area contributed by atoms with Gasteiger partial charge in [-0.2, -0.15) is 5.10 Å². The number of carboxylic acids is 1. The van der Waals surface area contributed by atoms with Crippen LogP contribution in [0.1, 0.15) is 19.9 Å². The molecule has 1 rings (SSSR count). The summed E-state index contributed by atoms with van der Waals surface area (Å²) in [4.78, 5) is 10.2. The van der Waals surface area contributed by atoms with Crippen molar-refractivity contribution in [3.63, 3.8) is 0 Å². The van der Waals surface area contributed by atoms with Crippen molar-refractivity contribution in [3.05, 3.63) is 12.3 Å². The summed E-state index contributed by atoms with van der Waals surface area (Å²) in [6.07, 6.45) is 1.58. The molecule has 0 aliphatic heterocycles. The summed E-state index contributed by atoms with van der Waals surface area (Å²) in [6, 6.07) is 1.81. The lowest BCUT2D eigenvalue weighted by Crippen LogP contribution is -2.13. The summed E-state index contributed by atoms with van der Waals surface area (Å²) in [5, 5.41) is 12.4. The number of ether oxygens (including phenoxy) is 1. The van der Waals surface area contributed by atoms with Crippen LogP contribution in [0.2, 0.25) is 0 Å². The highest BCUT2D eigenvalue weighted by molar-refractivity contribution is 5.68. The van der Waals surface area contributed by atoms with E-state index in [2.05, 4.69) is 5.10 Å². The van der Waals surface area contributed by atoms with Gasteiger partial charge in [0.15, 0.2) is 6.61 Å². The molecule has 0 bridgehead atoms. The first-order valence-electron chi connectivity index (χ1n) is 3.99. The summed E-state index contributed by atoms with van der Waals surface area (Å²) in [5.74, 6) is -0.506. The monoisotopic (exact) mass is 184 g/mol. The number of aromatic nitrogens is 2. The van der Waals surface area contributed by atoms with Crippen molar-refractivity contribution >= 4 is 5.97 Å². The summed E-state index contributed by atoms with van der Waals surface area (Å²) in [7, 11) is 0. The van der Waals surface area contributed by atoms with Crippen LogP contribution in [0, 0.1) is 0 Å². The highest BCUT2D eigenvalue weighted by atomic mass is 16.5. The van der Waals surface area contributed by atoms with Gasteiger partial charge in [-0.25, -0.2) is 9.48 Å². The van der Waals surface area contributed by atoms with Crippen molar-refractivity contribution in [2.24, 2.45) is 0 Å². The van der Waals surface area contributed by atoms with Gasteiger partial charge in [0.2, 0.25) is 5.88 Å². The van der Waals surface area contributed by atoms with Gasteiger partial charge in [-0.1, -0.05) is 0 Å². The molecular formula is C8H12N2O3. The van der Waals surface area contributed by atoms with E-state index >= 15 is 0 Å². The van der Waals surface area contributed by atoms with Gasteiger partial charge >= 0.3 is 5.97 Å². The molecule has 1 aromatic heterocycles. The fourth-order valence-corrected chi connectivity index (χ4v) is 0.940. The lowest BCUT2D eigenvalue weighted by molar-refractivity contribution is -0.139. The predicted octanol–water partition coefficient (Wildman–Crippen LogP) is 0.927. The lowest BCUT2D eigenvalue weighted by atomic mass is 10.4. The van der Waals surface area contributed by atoms with E-state index in [0.717, 1.165) is 0 Å². The molecule has 72 valence electrons. The Labute approximate surface area is 75.9 Å². The van der Waals surface area contributed by atoms with Crippen LogP contribution in [-0.4, -0.2) is 27.5 Å². The van der Waals surface area contributed by atoms with Crippen molar-refractivity contribution in [3.8, 4) is 5.88 Å². The Kier molecular flexibility index (Phi) is 2.89. The molecular weight excluding hydrogens is 172 g/mol. The second-order valence-corrected chi connectivity index (χ2v) is 2.89. The van der Waals surface area contributed by atoms with Crippen LogP contribution < -0.4 is 4.74 Å². The third-order valence-corrected chi connectivity index (χ3v) is 1.47. The maximum absolute atomic E-state index is 10.2. The molecule has 0 atom stereocenters. The van der Waals surface area contributed by atoms with E-state index in [0.29, 0.717) is 5.88 Å². The zero-order valence-electron chi connectivity index (χ0n) is 7.60. The Bertz CT molecular complexity index is 293. The molecule has 1 aromatic rings. The van der Waals surface area contributed by atoms with Crippen molar-refractivity contribution in [2.45, 2.75) is 19.9 Å². The van der Waals surface area contributed by atoms with Crippen LogP contribution in [0.15, 0.2) is 12.3 Å².